The molecule has 0 aromatic carbocycles. The third-order valence-electron chi connectivity index (χ3n) is 2.48. The molecule has 0 saturated carbocycles. The number of fused-ring (bicyclic) bond motifs is 1. The molecule has 0 atom stereocenters. The minimum atomic E-state index is 0.218. The fourth-order valence-electron chi connectivity index (χ4n) is 1.73. The van der Waals surface area contributed by atoms with Gasteiger partial charge in [-0.25, -0.2) is 4.98 Å². The first-order valence-electron chi connectivity index (χ1n) is 5.40. The molecular formula is C11H15NO2S. The van der Waals surface area contributed by atoms with Gasteiger partial charge in [0, 0.05) is 24.3 Å². The van der Waals surface area contributed by atoms with Crippen molar-refractivity contribution >= 4 is 17.1 Å². The number of rotatable bonds is 4. The van der Waals surface area contributed by atoms with Gasteiger partial charge in [0.15, 0.2) is 5.78 Å². The van der Waals surface area contributed by atoms with Gasteiger partial charge in [0.05, 0.1) is 11.6 Å². The van der Waals surface area contributed by atoms with Crippen molar-refractivity contribution in [3.8, 4) is 0 Å². The number of nitrogens with zero attached hydrogens (tertiary/aromatic N) is 1. The minimum absolute atomic E-state index is 0.218. The van der Waals surface area contributed by atoms with E-state index in [0.29, 0.717) is 13.0 Å². The second-order valence-electron chi connectivity index (χ2n) is 3.60. The number of carbonyl (C=O) groups excluding carboxylic acids is 1. The van der Waals surface area contributed by atoms with Crippen LogP contribution in [0.25, 0.3) is 0 Å². The molecule has 3 nitrogen and oxygen atoms in total. The van der Waals surface area contributed by atoms with Gasteiger partial charge in [0.25, 0.3) is 0 Å². The first kappa shape index (κ1) is 10.8. The van der Waals surface area contributed by atoms with Crippen LogP contribution in [-0.4, -0.2) is 24.0 Å². The Labute approximate surface area is 93.5 Å². The van der Waals surface area contributed by atoms with E-state index in [1.165, 1.54) is 4.88 Å². The molecule has 0 amide bonds. The van der Waals surface area contributed by atoms with Gasteiger partial charge >= 0.3 is 0 Å². The van der Waals surface area contributed by atoms with Crippen LogP contribution in [0.5, 0.6) is 0 Å². The van der Waals surface area contributed by atoms with E-state index >= 15 is 0 Å². The Bertz CT molecular complexity index is 359. The second kappa shape index (κ2) is 4.86. The molecule has 1 aliphatic carbocycles. The zero-order valence-electron chi connectivity index (χ0n) is 8.91. The van der Waals surface area contributed by atoms with Gasteiger partial charge < -0.3 is 4.74 Å². The highest BCUT2D eigenvalue weighted by molar-refractivity contribution is 7.12. The van der Waals surface area contributed by atoms with E-state index in [4.69, 9.17) is 4.74 Å². The largest absolute Gasteiger partial charge is 0.381 e. The quantitative estimate of drug-likeness (QED) is 0.738. The normalized spacial score (nSPS) is 15.4. The lowest BCUT2D eigenvalue weighted by Gasteiger charge is -2.06. The number of ether oxygens (including phenoxy) is 1. The molecule has 0 N–H and O–H groups in total. The minimum Gasteiger partial charge on any atom is -0.381 e. The highest BCUT2D eigenvalue weighted by atomic mass is 32.1. The number of Topliss-reactive ketones (excluding diaryl/α,β-unsaturated/α-hetero) is 1. The predicted molar refractivity (Wildman–Crippen MR) is 59.6 cm³/mol. The maximum atomic E-state index is 11.5. The van der Waals surface area contributed by atoms with Crippen LogP contribution in [-0.2, 0) is 17.6 Å². The maximum absolute atomic E-state index is 11.5. The monoisotopic (exact) mass is 225 g/mol. The molecule has 0 saturated heterocycles. The van der Waals surface area contributed by atoms with Crippen molar-refractivity contribution in [3.05, 3.63) is 15.6 Å². The lowest BCUT2D eigenvalue weighted by Crippen LogP contribution is -2.09. The molecule has 1 aromatic heterocycles. The summed E-state index contributed by atoms with van der Waals surface area (Å²) in [6.07, 6.45) is 3.51. The zero-order valence-corrected chi connectivity index (χ0v) is 9.73. The van der Waals surface area contributed by atoms with Crippen LogP contribution in [0.3, 0.4) is 0 Å². The summed E-state index contributed by atoms with van der Waals surface area (Å²) in [4.78, 5) is 17.1. The van der Waals surface area contributed by atoms with Gasteiger partial charge in [-0.15, -0.1) is 11.3 Å². The summed E-state index contributed by atoms with van der Waals surface area (Å²) in [5.74, 6) is 0.218. The molecule has 0 aliphatic heterocycles. The van der Waals surface area contributed by atoms with Crippen LogP contribution in [0.4, 0.5) is 0 Å². The van der Waals surface area contributed by atoms with E-state index in [1.807, 2.05) is 6.92 Å². The van der Waals surface area contributed by atoms with Crippen LogP contribution in [0.2, 0.25) is 0 Å². The van der Waals surface area contributed by atoms with Crippen molar-refractivity contribution in [2.75, 3.05) is 13.2 Å². The van der Waals surface area contributed by atoms with E-state index in [2.05, 4.69) is 4.98 Å². The number of carbonyl (C=O) groups is 1. The molecule has 1 aromatic rings. The fraction of sp³-hybridized carbons (Fsp3) is 0.636. The molecule has 15 heavy (non-hydrogen) atoms. The fourth-order valence-corrected chi connectivity index (χ4v) is 2.84. The SMILES string of the molecule is CCOCCc1nc2c(s1)CCCC2=O. The maximum Gasteiger partial charge on any atom is 0.182 e. The predicted octanol–water partition coefficient (Wildman–Crippen LogP) is 2.24. The standard InChI is InChI=1S/C11H15NO2S/c1-2-14-7-6-10-12-11-8(13)4-3-5-9(11)15-10/h2-7H2,1H3. The number of thiazole rings is 1. The number of hydrogen-bond acceptors (Lipinski definition) is 4. The van der Waals surface area contributed by atoms with Crippen molar-refractivity contribution in [2.45, 2.75) is 32.6 Å². The Morgan fingerprint density at radius 2 is 2.33 bits per heavy atom. The molecule has 1 aliphatic rings. The molecule has 0 radical (unpaired) electrons. The Kier molecular flexibility index (Phi) is 3.49. The van der Waals surface area contributed by atoms with Gasteiger partial charge in [-0.05, 0) is 19.8 Å². The van der Waals surface area contributed by atoms with Crippen LogP contribution in [0, 0.1) is 0 Å². The molecule has 0 spiro atoms. The summed E-state index contributed by atoms with van der Waals surface area (Å²) in [7, 11) is 0. The van der Waals surface area contributed by atoms with Crippen molar-refractivity contribution in [1.82, 2.24) is 4.98 Å². The van der Waals surface area contributed by atoms with Gasteiger partial charge in [-0.3, -0.25) is 4.79 Å². The Hall–Kier alpha value is -0.740. The van der Waals surface area contributed by atoms with Gasteiger partial charge in [-0.1, -0.05) is 0 Å². The number of hydrogen-bond donors (Lipinski definition) is 0. The molecule has 0 bridgehead atoms. The average molecular weight is 225 g/mol. The number of ketones is 1. The van der Waals surface area contributed by atoms with Crippen LogP contribution >= 0.6 is 11.3 Å². The Balaban J connectivity index is 2.05. The molecule has 0 fully saturated rings. The zero-order chi connectivity index (χ0) is 10.7. The highest BCUT2D eigenvalue weighted by Crippen LogP contribution is 2.26. The van der Waals surface area contributed by atoms with Crippen molar-refractivity contribution in [3.63, 3.8) is 0 Å². The summed E-state index contributed by atoms with van der Waals surface area (Å²) in [5.41, 5.74) is 0.734. The topological polar surface area (TPSA) is 39.2 Å². The number of aromatic nitrogens is 1. The van der Waals surface area contributed by atoms with Crippen LogP contribution in [0.1, 0.15) is 40.1 Å². The third kappa shape index (κ3) is 2.44. The summed E-state index contributed by atoms with van der Waals surface area (Å²) in [6, 6.07) is 0. The lowest BCUT2D eigenvalue weighted by molar-refractivity contribution is 0.0968. The van der Waals surface area contributed by atoms with Crippen molar-refractivity contribution in [2.24, 2.45) is 0 Å². The molecule has 4 heteroatoms. The van der Waals surface area contributed by atoms with Gasteiger partial charge in [0.1, 0.15) is 5.69 Å². The van der Waals surface area contributed by atoms with Crippen LogP contribution < -0.4 is 0 Å². The smallest absolute Gasteiger partial charge is 0.182 e. The van der Waals surface area contributed by atoms with Crippen molar-refractivity contribution < 1.29 is 9.53 Å². The summed E-state index contributed by atoms with van der Waals surface area (Å²) < 4.78 is 5.28. The summed E-state index contributed by atoms with van der Waals surface area (Å²) in [5, 5.41) is 1.05. The first-order chi connectivity index (χ1) is 7.31. The van der Waals surface area contributed by atoms with E-state index in [0.717, 1.165) is 36.6 Å². The Morgan fingerprint density at radius 1 is 1.47 bits per heavy atom. The number of aryl methyl sites for hydroxylation is 1. The van der Waals surface area contributed by atoms with Gasteiger partial charge in [-0.2, -0.15) is 0 Å². The lowest BCUT2D eigenvalue weighted by atomic mass is 10.0. The highest BCUT2D eigenvalue weighted by Gasteiger charge is 2.21. The molecule has 2 rings (SSSR count). The summed E-state index contributed by atoms with van der Waals surface area (Å²) >= 11 is 1.68. The van der Waals surface area contributed by atoms with Gasteiger partial charge in [0.2, 0.25) is 0 Å². The molecular weight excluding hydrogens is 210 g/mol. The average Bonchev–Trinajstić information content (AvgIpc) is 2.63. The van der Waals surface area contributed by atoms with Crippen molar-refractivity contribution in [1.29, 1.82) is 0 Å². The molecule has 0 unspecified atom stereocenters. The third-order valence-corrected chi connectivity index (χ3v) is 3.65. The summed E-state index contributed by atoms with van der Waals surface area (Å²) in [6.45, 7) is 3.43. The first-order valence-corrected chi connectivity index (χ1v) is 6.22. The second-order valence-corrected chi connectivity index (χ2v) is 4.77. The van der Waals surface area contributed by atoms with E-state index in [9.17, 15) is 4.79 Å². The van der Waals surface area contributed by atoms with E-state index in [-0.39, 0.29) is 5.78 Å². The molecule has 1 heterocycles. The van der Waals surface area contributed by atoms with E-state index in [1.54, 1.807) is 11.3 Å². The Morgan fingerprint density at radius 3 is 3.07 bits per heavy atom. The molecule has 82 valence electrons. The van der Waals surface area contributed by atoms with Crippen LogP contribution in [0.15, 0.2) is 0 Å². The van der Waals surface area contributed by atoms with E-state index < -0.39 is 0 Å².